The lowest BCUT2D eigenvalue weighted by molar-refractivity contribution is 0.0763. The van der Waals surface area contributed by atoms with Crippen molar-refractivity contribution >= 4 is 17.5 Å². The van der Waals surface area contributed by atoms with E-state index in [1.807, 2.05) is 35.2 Å². The lowest BCUT2D eigenvalue weighted by atomic mass is 9.71. The van der Waals surface area contributed by atoms with Crippen LogP contribution in [0.3, 0.4) is 0 Å². The maximum atomic E-state index is 13.5. The Bertz CT molecular complexity index is 1450. The van der Waals surface area contributed by atoms with Crippen LogP contribution < -0.4 is 10.6 Å². The summed E-state index contributed by atoms with van der Waals surface area (Å²) in [5.74, 6) is 0.717. The highest BCUT2D eigenvalue weighted by atomic mass is 16.2. The van der Waals surface area contributed by atoms with Crippen LogP contribution in [0, 0.1) is 10.8 Å². The molecule has 2 unspecified atom stereocenters. The lowest BCUT2D eigenvalue weighted by Gasteiger charge is -2.29. The number of nitrogens with one attached hydrogen (secondary N) is 1. The number of amides is 1. The first-order valence-electron chi connectivity index (χ1n) is 11.5. The molecule has 4 aromatic rings. The van der Waals surface area contributed by atoms with Gasteiger partial charge in [0.05, 0.1) is 11.3 Å². The fraction of sp³-hybridized carbons (Fsp3) is 0.391. The average molecular weight is 457 g/mol. The lowest BCUT2D eigenvalue weighted by Crippen LogP contribution is -2.38. The van der Waals surface area contributed by atoms with Crippen molar-refractivity contribution in [2.75, 3.05) is 31.1 Å². The summed E-state index contributed by atoms with van der Waals surface area (Å²) < 4.78 is 3.18. The monoisotopic (exact) mass is 457 g/mol. The van der Waals surface area contributed by atoms with Crippen LogP contribution in [0.25, 0.3) is 11.3 Å². The number of benzene rings is 1. The number of aromatic nitrogens is 7. The molecule has 172 valence electrons. The molecule has 1 saturated carbocycles. The summed E-state index contributed by atoms with van der Waals surface area (Å²) >= 11 is 0. The van der Waals surface area contributed by atoms with Crippen molar-refractivity contribution < 1.29 is 4.79 Å². The minimum atomic E-state index is -0.344. The van der Waals surface area contributed by atoms with Crippen LogP contribution in [0.5, 0.6) is 0 Å². The van der Waals surface area contributed by atoms with Crippen LogP contribution in [0.1, 0.15) is 29.6 Å². The molecule has 11 nitrogen and oxygen atoms in total. The topological polar surface area (TPSA) is 117 Å². The van der Waals surface area contributed by atoms with Gasteiger partial charge < -0.3 is 9.80 Å². The smallest absolute Gasteiger partial charge is 0.338 e. The Morgan fingerprint density at radius 1 is 0.971 bits per heavy atom. The molecule has 0 spiro atoms. The van der Waals surface area contributed by atoms with E-state index in [0.717, 1.165) is 37.6 Å². The van der Waals surface area contributed by atoms with Gasteiger partial charge in [0.15, 0.2) is 5.65 Å². The van der Waals surface area contributed by atoms with E-state index in [9.17, 15) is 9.59 Å². The van der Waals surface area contributed by atoms with Crippen molar-refractivity contribution in [3.05, 3.63) is 64.7 Å². The summed E-state index contributed by atoms with van der Waals surface area (Å²) in [5.41, 5.74) is 1.64. The molecular formula is C23H23N9O2. The van der Waals surface area contributed by atoms with Gasteiger partial charge in [0, 0.05) is 43.2 Å². The number of pyridine rings is 1. The fourth-order valence-electron chi connectivity index (χ4n) is 6.57. The Kier molecular flexibility index (Phi) is 3.86. The van der Waals surface area contributed by atoms with E-state index in [1.54, 1.807) is 23.0 Å². The number of nitrogens with zero attached hydrogens (tertiary/aromatic N) is 8. The molecule has 1 amide bonds. The number of carbonyl (C=O) groups is 1. The third-order valence-corrected chi connectivity index (χ3v) is 8.09. The Hall–Kier alpha value is -4.02. The molecule has 3 fully saturated rings. The second kappa shape index (κ2) is 6.75. The first-order chi connectivity index (χ1) is 16.6. The van der Waals surface area contributed by atoms with Crippen molar-refractivity contribution in [2.45, 2.75) is 19.3 Å². The predicted octanol–water partition coefficient (Wildman–Crippen LogP) is 1.13. The molecule has 0 bridgehead atoms. The molecule has 7 rings (SSSR count). The minimum absolute atomic E-state index is 0.0205. The number of aromatic amines is 1. The normalized spacial score (nSPS) is 25.8. The molecule has 2 atom stereocenters. The number of anilines is 1. The maximum absolute atomic E-state index is 13.5. The van der Waals surface area contributed by atoms with Crippen LogP contribution in [0.2, 0.25) is 0 Å². The molecule has 5 heterocycles. The van der Waals surface area contributed by atoms with Crippen LogP contribution >= 0.6 is 0 Å². The number of H-pyrrole nitrogens is 1. The highest BCUT2D eigenvalue weighted by Crippen LogP contribution is 2.62. The number of likely N-dealkylation sites (tertiary alicyclic amines) is 1. The SMILES string of the molecule is O=C(c1ccc2n[nH]c(=O)n2c1)N1CC23CCCC2(C1)CN(c1nnnn1-c1ccccc1)C3. The quantitative estimate of drug-likeness (QED) is 0.490. The number of tetrazole rings is 1. The molecule has 1 aromatic carbocycles. The molecule has 0 radical (unpaired) electrons. The average Bonchev–Trinajstić information content (AvgIpc) is 3.62. The van der Waals surface area contributed by atoms with E-state index < -0.39 is 0 Å². The van der Waals surface area contributed by atoms with Crippen LogP contribution in [0.4, 0.5) is 5.95 Å². The van der Waals surface area contributed by atoms with Crippen molar-refractivity contribution in [1.29, 1.82) is 0 Å². The first-order valence-corrected chi connectivity index (χ1v) is 11.5. The summed E-state index contributed by atoms with van der Waals surface area (Å²) in [6.45, 7) is 3.05. The molecule has 2 aliphatic heterocycles. The number of para-hydroxylation sites is 1. The maximum Gasteiger partial charge on any atom is 0.347 e. The largest absolute Gasteiger partial charge is 0.347 e. The number of hydrogen-bond acceptors (Lipinski definition) is 7. The van der Waals surface area contributed by atoms with Crippen molar-refractivity contribution in [3.8, 4) is 5.69 Å². The van der Waals surface area contributed by atoms with E-state index in [1.165, 1.54) is 10.8 Å². The Labute approximate surface area is 194 Å². The van der Waals surface area contributed by atoms with Gasteiger partial charge in [-0.15, -0.1) is 0 Å². The van der Waals surface area contributed by atoms with Gasteiger partial charge in [-0.25, -0.2) is 14.3 Å². The van der Waals surface area contributed by atoms with Crippen LogP contribution in [-0.2, 0) is 0 Å². The van der Waals surface area contributed by atoms with E-state index in [2.05, 4.69) is 30.6 Å². The van der Waals surface area contributed by atoms with E-state index in [4.69, 9.17) is 0 Å². The van der Waals surface area contributed by atoms with Gasteiger partial charge >= 0.3 is 5.69 Å². The van der Waals surface area contributed by atoms with Crippen LogP contribution in [0.15, 0.2) is 53.5 Å². The molecule has 3 aliphatic rings. The molecule has 11 heteroatoms. The van der Waals surface area contributed by atoms with Gasteiger partial charge in [-0.3, -0.25) is 4.79 Å². The summed E-state index contributed by atoms with van der Waals surface area (Å²) in [7, 11) is 0. The number of fused-ring (bicyclic) bond motifs is 1. The Morgan fingerprint density at radius 3 is 2.50 bits per heavy atom. The third kappa shape index (κ3) is 2.57. The second-order valence-electron chi connectivity index (χ2n) is 9.83. The van der Waals surface area contributed by atoms with Gasteiger partial charge in [0.1, 0.15) is 0 Å². The third-order valence-electron chi connectivity index (χ3n) is 8.09. The standard InChI is InChI=1S/C23H23N9O2/c33-19(16-7-8-18-24-26-21(34)31(18)11-16)29-12-22-9-4-10-23(22,13-29)15-30(14-22)20-25-27-28-32(20)17-5-2-1-3-6-17/h1-3,5-8,11H,4,9-10,12-15H2,(H,26,34). The van der Waals surface area contributed by atoms with E-state index in [0.29, 0.717) is 24.3 Å². The Balaban J connectivity index is 1.18. The van der Waals surface area contributed by atoms with Crippen molar-refractivity contribution in [2.24, 2.45) is 10.8 Å². The van der Waals surface area contributed by atoms with Gasteiger partial charge in [-0.05, 0) is 47.5 Å². The number of carbonyl (C=O) groups excluding carboxylic acids is 1. The summed E-state index contributed by atoms with van der Waals surface area (Å²) in [6.07, 6.45) is 4.93. The second-order valence-corrected chi connectivity index (χ2v) is 9.83. The van der Waals surface area contributed by atoms with Crippen molar-refractivity contribution in [3.63, 3.8) is 0 Å². The molecular weight excluding hydrogens is 434 g/mol. The zero-order valence-corrected chi connectivity index (χ0v) is 18.5. The molecule has 3 aromatic heterocycles. The summed E-state index contributed by atoms with van der Waals surface area (Å²) in [6, 6.07) is 13.4. The van der Waals surface area contributed by atoms with Gasteiger partial charge in [-0.2, -0.15) is 9.78 Å². The molecule has 1 N–H and O–H groups in total. The zero-order chi connectivity index (χ0) is 22.9. The molecule has 1 aliphatic carbocycles. The minimum Gasteiger partial charge on any atom is -0.338 e. The highest BCUT2D eigenvalue weighted by molar-refractivity contribution is 5.94. The predicted molar refractivity (Wildman–Crippen MR) is 122 cm³/mol. The Morgan fingerprint density at radius 2 is 1.74 bits per heavy atom. The van der Waals surface area contributed by atoms with Crippen LogP contribution in [-0.4, -0.2) is 71.8 Å². The molecule has 34 heavy (non-hydrogen) atoms. The highest BCUT2D eigenvalue weighted by Gasteiger charge is 2.66. The summed E-state index contributed by atoms with van der Waals surface area (Å²) in [5, 5.41) is 18.9. The zero-order valence-electron chi connectivity index (χ0n) is 18.5. The number of rotatable bonds is 3. The van der Waals surface area contributed by atoms with E-state index >= 15 is 0 Å². The van der Waals surface area contributed by atoms with Gasteiger partial charge in [0.25, 0.3) is 5.91 Å². The first kappa shape index (κ1) is 19.4. The number of hydrogen-bond donors (Lipinski definition) is 1. The van der Waals surface area contributed by atoms with Crippen molar-refractivity contribution in [1.82, 2.24) is 39.7 Å². The van der Waals surface area contributed by atoms with Gasteiger partial charge in [-0.1, -0.05) is 29.7 Å². The fourth-order valence-corrected chi connectivity index (χ4v) is 6.57. The molecule has 2 saturated heterocycles. The van der Waals surface area contributed by atoms with Gasteiger partial charge in [0.2, 0.25) is 5.95 Å². The summed E-state index contributed by atoms with van der Waals surface area (Å²) in [4.78, 5) is 29.7. The van der Waals surface area contributed by atoms with E-state index in [-0.39, 0.29) is 22.4 Å².